The highest BCUT2D eigenvalue weighted by Gasteiger charge is 2.11. The van der Waals surface area contributed by atoms with E-state index in [9.17, 15) is 0 Å². The van der Waals surface area contributed by atoms with Crippen molar-refractivity contribution >= 4 is 14.7 Å². The Labute approximate surface area is 156 Å². The molecule has 0 aromatic heterocycles. The fourth-order valence-corrected chi connectivity index (χ4v) is 3.36. The maximum absolute atomic E-state index is 7.00. The van der Waals surface area contributed by atoms with E-state index in [4.69, 9.17) is 5.11 Å². The summed E-state index contributed by atoms with van der Waals surface area (Å²) in [5.41, 5.74) is 7.06. The molecule has 0 amide bonds. The molecule has 25 heavy (non-hydrogen) atoms. The van der Waals surface area contributed by atoms with Gasteiger partial charge in [-0.3, -0.25) is 0 Å². The molecule has 1 aliphatic rings. The van der Waals surface area contributed by atoms with Crippen molar-refractivity contribution in [1.29, 1.82) is 0 Å². The lowest BCUT2D eigenvalue weighted by Crippen LogP contribution is -2.00. The van der Waals surface area contributed by atoms with E-state index >= 15 is 0 Å². The topological polar surface area (TPSA) is 20.2 Å². The monoisotopic (exact) mass is 356 g/mol. The molecule has 1 saturated carbocycles. The van der Waals surface area contributed by atoms with E-state index in [1.807, 2.05) is 5.80 Å². The number of hydrogen-bond donors (Lipinski definition) is 1. The zero-order valence-electron chi connectivity index (χ0n) is 15.9. The van der Waals surface area contributed by atoms with Crippen LogP contribution in [-0.4, -0.2) is 18.0 Å². The second-order valence-corrected chi connectivity index (χ2v) is 6.82. The molecule has 2 heteroatoms. The van der Waals surface area contributed by atoms with Gasteiger partial charge in [0.25, 0.3) is 0 Å². The van der Waals surface area contributed by atoms with E-state index in [0.717, 1.165) is 32.8 Å². The van der Waals surface area contributed by atoms with Crippen LogP contribution >= 0.6 is 8.86 Å². The molecule has 0 spiro atoms. The SMILES string of the molecule is C=C(/C=C1/CCCC/C1=C/CC)Cc1ccc(CCC=P)cc1.CO. The Balaban J connectivity index is 0.00000151. The van der Waals surface area contributed by atoms with Crippen molar-refractivity contribution < 1.29 is 5.11 Å². The van der Waals surface area contributed by atoms with Crippen LogP contribution in [0, 0.1) is 0 Å². The molecule has 1 nitrogen and oxygen atoms in total. The first-order valence-corrected chi connectivity index (χ1v) is 9.90. The van der Waals surface area contributed by atoms with Crippen molar-refractivity contribution in [2.75, 3.05) is 7.11 Å². The molecule has 0 atom stereocenters. The second-order valence-electron chi connectivity index (χ2n) is 6.41. The van der Waals surface area contributed by atoms with Crippen LogP contribution in [0.3, 0.4) is 0 Å². The van der Waals surface area contributed by atoms with Gasteiger partial charge >= 0.3 is 0 Å². The number of benzene rings is 1. The Morgan fingerprint density at radius 1 is 1.08 bits per heavy atom. The average molecular weight is 356 g/mol. The first-order valence-electron chi connectivity index (χ1n) is 9.32. The van der Waals surface area contributed by atoms with Gasteiger partial charge in [-0.25, -0.2) is 0 Å². The van der Waals surface area contributed by atoms with Gasteiger partial charge in [0.05, 0.1) is 0 Å². The van der Waals surface area contributed by atoms with Gasteiger partial charge in [-0.2, -0.15) is 0 Å². The van der Waals surface area contributed by atoms with E-state index in [1.165, 1.54) is 48.0 Å². The van der Waals surface area contributed by atoms with Crippen LogP contribution in [0.4, 0.5) is 0 Å². The van der Waals surface area contributed by atoms with Crippen LogP contribution in [0.2, 0.25) is 0 Å². The number of aryl methyl sites for hydroxylation is 1. The van der Waals surface area contributed by atoms with Crippen LogP contribution < -0.4 is 0 Å². The van der Waals surface area contributed by atoms with Gasteiger partial charge in [0.1, 0.15) is 0 Å². The summed E-state index contributed by atoms with van der Waals surface area (Å²) in [5.74, 6) is 2.04. The van der Waals surface area contributed by atoms with E-state index in [2.05, 4.69) is 58.8 Å². The third-order valence-corrected chi connectivity index (χ3v) is 4.70. The highest BCUT2D eigenvalue weighted by atomic mass is 31.0. The first-order chi connectivity index (χ1) is 12.2. The molecular weight excluding hydrogens is 323 g/mol. The van der Waals surface area contributed by atoms with Crippen molar-refractivity contribution in [3.8, 4) is 0 Å². The summed E-state index contributed by atoms with van der Waals surface area (Å²) >= 11 is 0. The molecule has 0 unspecified atom stereocenters. The van der Waals surface area contributed by atoms with Crippen molar-refractivity contribution in [1.82, 2.24) is 0 Å². The molecule has 0 aliphatic heterocycles. The molecule has 2 rings (SSSR count). The van der Waals surface area contributed by atoms with E-state index in [0.29, 0.717) is 0 Å². The average Bonchev–Trinajstić information content (AvgIpc) is 2.64. The predicted molar refractivity (Wildman–Crippen MR) is 115 cm³/mol. The summed E-state index contributed by atoms with van der Waals surface area (Å²) in [6.45, 7) is 6.52. The Morgan fingerprint density at radius 3 is 2.28 bits per heavy atom. The highest BCUT2D eigenvalue weighted by Crippen LogP contribution is 2.30. The fourth-order valence-electron chi connectivity index (χ4n) is 3.22. The molecule has 1 aromatic carbocycles. The number of aliphatic hydroxyl groups is 1. The predicted octanol–water partition coefficient (Wildman–Crippen LogP) is 6.11. The summed E-state index contributed by atoms with van der Waals surface area (Å²) in [7, 11) is 4.42. The molecule has 0 bridgehead atoms. The molecular formula is C23H33OP. The molecule has 0 heterocycles. The second kappa shape index (κ2) is 12.9. The number of aliphatic hydroxyl groups excluding tert-OH is 1. The lowest BCUT2D eigenvalue weighted by molar-refractivity contribution is 0.399. The Morgan fingerprint density at radius 2 is 1.68 bits per heavy atom. The molecule has 0 saturated heterocycles. The van der Waals surface area contributed by atoms with Crippen LogP contribution in [0.1, 0.15) is 56.6 Å². The lowest BCUT2D eigenvalue weighted by atomic mass is 9.87. The van der Waals surface area contributed by atoms with Gasteiger partial charge < -0.3 is 5.11 Å². The van der Waals surface area contributed by atoms with Gasteiger partial charge in [-0.15, -0.1) is 8.86 Å². The van der Waals surface area contributed by atoms with Crippen molar-refractivity contribution in [2.24, 2.45) is 0 Å². The minimum absolute atomic E-state index is 0.952. The molecule has 0 radical (unpaired) electrons. The van der Waals surface area contributed by atoms with Crippen molar-refractivity contribution in [2.45, 2.75) is 58.3 Å². The van der Waals surface area contributed by atoms with E-state index < -0.39 is 0 Å². The first kappa shape index (κ1) is 21.6. The maximum atomic E-state index is 7.00. The van der Waals surface area contributed by atoms with Crippen molar-refractivity contribution in [3.05, 3.63) is 70.8 Å². The van der Waals surface area contributed by atoms with Gasteiger partial charge in [0, 0.05) is 7.11 Å². The molecule has 1 aliphatic carbocycles. The minimum atomic E-state index is 0.952. The van der Waals surface area contributed by atoms with Crippen LogP contribution in [0.15, 0.2) is 59.7 Å². The summed E-state index contributed by atoms with van der Waals surface area (Å²) in [5, 5.41) is 7.00. The fraction of sp³-hybridized carbons (Fsp3) is 0.435. The Hall–Kier alpha value is -1.43. The summed E-state index contributed by atoms with van der Waals surface area (Å²) in [4.78, 5) is 0. The summed E-state index contributed by atoms with van der Waals surface area (Å²) in [6, 6.07) is 8.98. The quantitative estimate of drug-likeness (QED) is 0.585. The van der Waals surface area contributed by atoms with Crippen molar-refractivity contribution in [3.63, 3.8) is 0 Å². The van der Waals surface area contributed by atoms with Crippen LogP contribution in [0.5, 0.6) is 0 Å². The largest absolute Gasteiger partial charge is 0.400 e. The third-order valence-electron chi connectivity index (χ3n) is 4.42. The highest BCUT2D eigenvalue weighted by molar-refractivity contribution is 7.18. The normalized spacial score (nSPS) is 17.1. The van der Waals surface area contributed by atoms with E-state index in [-0.39, 0.29) is 0 Å². The van der Waals surface area contributed by atoms with Gasteiger partial charge in [-0.05, 0) is 73.6 Å². The zero-order chi connectivity index (χ0) is 18.5. The maximum Gasteiger partial charge on any atom is 0.0319 e. The third kappa shape index (κ3) is 7.99. The standard InChI is InChI=1S/C22H29P.CH4O/c1-3-7-21-9-4-5-10-22(21)17-18(2)16-20-13-11-19(12-14-20)8-6-15-23;1-2/h7,11-15,17,23H,2-6,8-10,16H2,1H3;2H,1H3/b21-7-,22-17-;. The number of rotatable bonds is 7. The van der Waals surface area contributed by atoms with Crippen LogP contribution in [0.25, 0.3) is 0 Å². The summed E-state index contributed by atoms with van der Waals surface area (Å²) in [6.07, 6.45) is 14.1. The molecule has 1 fully saturated rings. The zero-order valence-corrected chi connectivity index (χ0v) is 16.9. The molecule has 1 N–H and O–H groups in total. The van der Waals surface area contributed by atoms with Crippen LogP contribution in [-0.2, 0) is 12.8 Å². The minimum Gasteiger partial charge on any atom is -0.400 e. The van der Waals surface area contributed by atoms with Gasteiger partial charge in [-0.1, -0.05) is 61.3 Å². The number of allylic oxidation sites excluding steroid dienone is 5. The van der Waals surface area contributed by atoms with Gasteiger partial charge in [0.2, 0.25) is 0 Å². The molecule has 1 aromatic rings. The molecule has 136 valence electrons. The van der Waals surface area contributed by atoms with Gasteiger partial charge in [0.15, 0.2) is 0 Å². The Bertz CT molecular complexity index is 593. The summed E-state index contributed by atoms with van der Waals surface area (Å²) < 4.78 is 0. The van der Waals surface area contributed by atoms with E-state index in [1.54, 1.807) is 5.57 Å². The number of hydrogen-bond acceptors (Lipinski definition) is 1. The Kier molecular flexibility index (Phi) is 11.1. The lowest BCUT2D eigenvalue weighted by Gasteiger charge is -2.19. The smallest absolute Gasteiger partial charge is 0.0319 e.